The van der Waals surface area contributed by atoms with Crippen LogP contribution in [0.25, 0.3) is 11.0 Å². The van der Waals surface area contributed by atoms with Crippen LogP contribution in [0, 0.1) is 0 Å². The number of carboxylic acids is 1. The predicted octanol–water partition coefficient (Wildman–Crippen LogP) is 0.864. The van der Waals surface area contributed by atoms with Crippen LogP contribution in [0.4, 0.5) is 0 Å². The minimum atomic E-state index is -1.25. The van der Waals surface area contributed by atoms with Gasteiger partial charge in [-0.05, 0) is 43.9 Å². The molecule has 2 atom stereocenters. The first-order chi connectivity index (χ1) is 12.4. The first-order valence-corrected chi connectivity index (χ1v) is 8.65. The fraction of sp³-hybridized carbons (Fsp3) is 0.421. The molecule has 0 radical (unpaired) electrons. The van der Waals surface area contributed by atoms with E-state index < -0.39 is 29.6 Å². The summed E-state index contributed by atoms with van der Waals surface area (Å²) in [5.41, 5.74) is 0.825. The molecule has 2 heterocycles. The Labute approximate surface area is 150 Å². The number of ether oxygens (including phenoxy) is 1. The van der Waals surface area contributed by atoms with E-state index in [1.54, 1.807) is 25.1 Å². The van der Waals surface area contributed by atoms with E-state index in [9.17, 15) is 19.5 Å². The molecule has 1 aromatic carbocycles. The number of rotatable bonds is 5. The van der Waals surface area contributed by atoms with E-state index in [-0.39, 0.29) is 0 Å². The number of hydrogen-bond acceptors (Lipinski definition) is 6. The lowest BCUT2D eigenvalue weighted by Crippen LogP contribution is -2.50. The SMILES string of the molecule is CCc1cc(=O)oc2cc(O[C@@H](C)C(=O)N3CCC[C@@H]3C(=O)[O-])ccc12. The van der Waals surface area contributed by atoms with Crippen molar-refractivity contribution in [2.45, 2.75) is 45.3 Å². The lowest BCUT2D eigenvalue weighted by Gasteiger charge is -2.28. The molecule has 26 heavy (non-hydrogen) atoms. The van der Waals surface area contributed by atoms with Crippen LogP contribution in [-0.4, -0.2) is 35.5 Å². The van der Waals surface area contributed by atoms with Crippen LogP contribution < -0.4 is 15.5 Å². The first kappa shape index (κ1) is 18.0. The van der Waals surface area contributed by atoms with E-state index in [1.807, 2.05) is 6.92 Å². The molecule has 1 saturated heterocycles. The van der Waals surface area contributed by atoms with Gasteiger partial charge in [0.1, 0.15) is 11.3 Å². The van der Waals surface area contributed by atoms with Crippen molar-refractivity contribution in [3.63, 3.8) is 0 Å². The molecule has 138 valence electrons. The number of hydrogen-bond donors (Lipinski definition) is 0. The highest BCUT2D eigenvalue weighted by atomic mass is 16.5. The molecule has 0 spiro atoms. The van der Waals surface area contributed by atoms with E-state index in [0.29, 0.717) is 37.1 Å². The normalized spacial score (nSPS) is 18.1. The maximum Gasteiger partial charge on any atom is 0.336 e. The van der Waals surface area contributed by atoms with Gasteiger partial charge in [0.15, 0.2) is 6.10 Å². The van der Waals surface area contributed by atoms with Crippen LogP contribution in [-0.2, 0) is 16.0 Å². The number of likely N-dealkylation sites (tertiary alicyclic amines) is 1. The van der Waals surface area contributed by atoms with Gasteiger partial charge in [-0.15, -0.1) is 0 Å². The van der Waals surface area contributed by atoms with Crippen LogP contribution >= 0.6 is 0 Å². The van der Waals surface area contributed by atoms with Gasteiger partial charge in [0.05, 0.1) is 12.0 Å². The topological polar surface area (TPSA) is 99.9 Å². The molecule has 0 N–H and O–H groups in total. The lowest BCUT2D eigenvalue weighted by molar-refractivity contribution is -0.310. The Hall–Kier alpha value is -2.83. The predicted molar refractivity (Wildman–Crippen MR) is 91.7 cm³/mol. The van der Waals surface area contributed by atoms with Crippen LogP contribution in [0.5, 0.6) is 5.75 Å². The Morgan fingerprint density at radius 2 is 2.15 bits per heavy atom. The molecule has 0 saturated carbocycles. The number of aryl methyl sites for hydroxylation is 1. The molecule has 0 unspecified atom stereocenters. The summed E-state index contributed by atoms with van der Waals surface area (Å²) >= 11 is 0. The Kier molecular flexibility index (Phi) is 4.97. The number of aliphatic carboxylic acids is 1. The lowest BCUT2D eigenvalue weighted by atomic mass is 10.1. The van der Waals surface area contributed by atoms with Gasteiger partial charge >= 0.3 is 5.63 Å². The van der Waals surface area contributed by atoms with Crippen LogP contribution in [0.1, 0.15) is 32.3 Å². The average Bonchev–Trinajstić information content (AvgIpc) is 3.09. The van der Waals surface area contributed by atoms with E-state index in [2.05, 4.69) is 0 Å². The summed E-state index contributed by atoms with van der Waals surface area (Å²) in [4.78, 5) is 36.6. The molecule has 1 fully saturated rings. The van der Waals surface area contributed by atoms with Gasteiger partial charge in [-0.25, -0.2) is 4.79 Å². The summed E-state index contributed by atoms with van der Waals surface area (Å²) in [5, 5.41) is 12.0. The number of carbonyl (C=O) groups excluding carboxylic acids is 2. The third kappa shape index (κ3) is 3.42. The molecule has 1 aliphatic heterocycles. The second-order valence-corrected chi connectivity index (χ2v) is 6.37. The third-order valence-corrected chi connectivity index (χ3v) is 4.65. The summed E-state index contributed by atoms with van der Waals surface area (Å²) in [7, 11) is 0. The standard InChI is InChI=1S/C19H21NO6/c1-3-12-9-17(21)26-16-10-13(6-7-14(12)16)25-11(2)18(22)20-8-4-5-15(20)19(23)24/h6-7,9-11,15H,3-5,8H2,1-2H3,(H,23,24)/p-1/t11-,15+/m0/s1. The van der Waals surface area contributed by atoms with Gasteiger partial charge in [-0.2, -0.15) is 0 Å². The van der Waals surface area contributed by atoms with Crippen molar-refractivity contribution in [1.82, 2.24) is 4.90 Å². The van der Waals surface area contributed by atoms with Gasteiger partial charge < -0.3 is 24.0 Å². The summed E-state index contributed by atoms with van der Waals surface area (Å²) in [6, 6.07) is 5.60. The molecule has 7 heteroatoms. The van der Waals surface area contributed by atoms with Crippen molar-refractivity contribution < 1.29 is 23.8 Å². The zero-order chi connectivity index (χ0) is 18.8. The minimum absolute atomic E-state index is 0.373. The molecule has 0 aliphatic carbocycles. The van der Waals surface area contributed by atoms with Crippen molar-refractivity contribution in [2.24, 2.45) is 0 Å². The Morgan fingerprint density at radius 3 is 2.85 bits per heavy atom. The average molecular weight is 358 g/mol. The number of amides is 1. The Balaban J connectivity index is 1.81. The van der Waals surface area contributed by atoms with Crippen molar-refractivity contribution in [1.29, 1.82) is 0 Å². The fourth-order valence-electron chi connectivity index (χ4n) is 3.34. The summed E-state index contributed by atoms with van der Waals surface area (Å²) in [6.07, 6.45) is 0.838. The maximum atomic E-state index is 12.5. The third-order valence-electron chi connectivity index (χ3n) is 4.65. The summed E-state index contributed by atoms with van der Waals surface area (Å²) in [6.45, 7) is 3.89. The van der Waals surface area contributed by atoms with Crippen molar-refractivity contribution in [3.05, 3.63) is 40.2 Å². The number of benzene rings is 1. The largest absolute Gasteiger partial charge is 0.548 e. The van der Waals surface area contributed by atoms with Crippen LogP contribution in [0.15, 0.2) is 33.5 Å². The molecule has 7 nitrogen and oxygen atoms in total. The van der Waals surface area contributed by atoms with Gasteiger partial charge in [0.2, 0.25) is 0 Å². The van der Waals surface area contributed by atoms with Crippen LogP contribution in [0.3, 0.4) is 0 Å². The monoisotopic (exact) mass is 358 g/mol. The Morgan fingerprint density at radius 1 is 1.38 bits per heavy atom. The molecule has 1 aliphatic rings. The quantitative estimate of drug-likeness (QED) is 0.735. The van der Waals surface area contributed by atoms with E-state index in [1.165, 1.54) is 11.0 Å². The molecular weight excluding hydrogens is 338 g/mol. The fourth-order valence-corrected chi connectivity index (χ4v) is 3.34. The zero-order valence-corrected chi connectivity index (χ0v) is 14.7. The van der Waals surface area contributed by atoms with E-state index in [0.717, 1.165) is 10.9 Å². The highest BCUT2D eigenvalue weighted by molar-refractivity contribution is 5.86. The molecule has 0 bridgehead atoms. The number of fused-ring (bicyclic) bond motifs is 1. The zero-order valence-electron chi connectivity index (χ0n) is 14.7. The number of carbonyl (C=O) groups is 2. The van der Waals surface area contributed by atoms with E-state index >= 15 is 0 Å². The van der Waals surface area contributed by atoms with Gasteiger partial charge in [-0.1, -0.05) is 6.92 Å². The summed E-state index contributed by atoms with van der Waals surface area (Å²) < 4.78 is 10.9. The smallest absolute Gasteiger partial charge is 0.336 e. The molecular formula is C19H20NO6-. The second kappa shape index (κ2) is 7.19. The van der Waals surface area contributed by atoms with Gasteiger partial charge in [-0.3, -0.25) is 4.79 Å². The molecule has 2 aromatic rings. The van der Waals surface area contributed by atoms with Gasteiger partial charge in [0.25, 0.3) is 5.91 Å². The summed E-state index contributed by atoms with van der Waals surface area (Å²) in [5.74, 6) is -1.28. The minimum Gasteiger partial charge on any atom is -0.548 e. The molecule has 3 rings (SSSR count). The van der Waals surface area contributed by atoms with Gasteiger partial charge in [0, 0.05) is 24.1 Å². The molecule has 1 amide bonds. The van der Waals surface area contributed by atoms with E-state index in [4.69, 9.17) is 9.15 Å². The first-order valence-electron chi connectivity index (χ1n) is 8.65. The number of nitrogens with zero attached hydrogens (tertiary/aromatic N) is 1. The highest BCUT2D eigenvalue weighted by Crippen LogP contribution is 2.25. The van der Waals surface area contributed by atoms with Crippen molar-refractivity contribution >= 4 is 22.8 Å². The Bertz CT molecular complexity index is 903. The second-order valence-electron chi connectivity index (χ2n) is 6.37. The van der Waals surface area contributed by atoms with Crippen LogP contribution in [0.2, 0.25) is 0 Å². The molecule has 1 aromatic heterocycles. The van der Waals surface area contributed by atoms with Crippen molar-refractivity contribution in [3.8, 4) is 5.75 Å². The van der Waals surface area contributed by atoms with Crippen molar-refractivity contribution in [2.75, 3.05) is 6.54 Å². The maximum absolute atomic E-state index is 12.5. The number of carboxylic acid groups (broad SMARTS) is 1. The highest BCUT2D eigenvalue weighted by Gasteiger charge is 2.33.